The first-order chi connectivity index (χ1) is 12.7. The monoisotopic (exact) mass is 474 g/mol. The average molecular weight is 476 g/mol. The molecule has 0 spiro atoms. The van der Waals surface area contributed by atoms with Crippen molar-refractivity contribution in [2.75, 3.05) is 0 Å². The maximum Gasteiger partial charge on any atom is 0.0407 e. The second kappa shape index (κ2) is 9.37. The normalized spacial score (nSPS) is 14.0. The largest absolute Gasteiger partial charge is 0.0838 e. The van der Waals surface area contributed by atoms with Crippen molar-refractivity contribution >= 4 is 53.4 Å². The zero-order valence-electron chi connectivity index (χ0n) is 15.8. The molecule has 0 amide bonds. The van der Waals surface area contributed by atoms with E-state index in [1.54, 1.807) is 0 Å². The third kappa shape index (κ3) is 4.02. The molecule has 0 aromatic heterocycles. The Kier molecular flexibility index (Phi) is 7.17. The van der Waals surface area contributed by atoms with E-state index in [4.69, 9.17) is 0 Å². The topological polar surface area (TPSA) is 0 Å². The zero-order valence-corrected chi connectivity index (χ0v) is 18.9. The van der Waals surface area contributed by atoms with Gasteiger partial charge in [-0.3, -0.25) is 0 Å². The number of hydrogen-bond donors (Lipinski definition) is 0. The average Bonchev–Trinajstić information content (AvgIpc) is 2.68. The molecule has 0 nitrogen and oxygen atoms in total. The van der Waals surface area contributed by atoms with Crippen molar-refractivity contribution in [3.63, 3.8) is 0 Å². The van der Waals surface area contributed by atoms with E-state index in [2.05, 4.69) is 94.2 Å². The molecule has 0 aliphatic carbocycles. The standard InChI is InChI=1S/C24H28Br2/c1-3-5-15-21(25)23-17-11-7-9-13-19(17)24(22(26)16-6-4-2)20-14-10-8-12-18(20)23/h7-14,21-22H,3-6,15-16H2,1-2H3. The van der Waals surface area contributed by atoms with Gasteiger partial charge in [0.1, 0.15) is 0 Å². The first kappa shape index (κ1) is 19.9. The molecule has 0 bridgehead atoms. The van der Waals surface area contributed by atoms with Gasteiger partial charge in [-0.15, -0.1) is 0 Å². The number of benzene rings is 3. The van der Waals surface area contributed by atoms with Crippen molar-refractivity contribution < 1.29 is 0 Å². The summed E-state index contributed by atoms with van der Waals surface area (Å²) in [6.45, 7) is 4.53. The molecule has 26 heavy (non-hydrogen) atoms. The van der Waals surface area contributed by atoms with Crippen molar-refractivity contribution in [1.29, 1.82) is 0 Å². The summed E-state index contributed by atoms with van der Waals surface area (Å²) in [5, 5.41) is 5.61. The van der Waals surface area contributed by atoms with Crippen LogP contribution in [0, 0.1) is 0 Å². The molecule has 0 saturated carbocycles. The Labute approximate surface area is 174 Å². The van der Waals surface area contributed by atoms with E-state index in [0.29, 0.717) is 9.65 Å². The van der Waals surface area contributed by atoms with Crippen LogP contribution >= 0.6 is 31.9 Å². The minimum atomic E-state index is 0.399. The minimum Gasteiger partial charge on any atom is -0.0838 e. The van der Waals surface area contributed by atoms with E-state index in [1.165, 1.54) is 71.2 Å². The van der Waals surface area contributed by atoms with Crippen LogP contribution in [-0.2, 0) is 0 Å². The Hall–Kier alpha value is -0.860. The van der Waals surface area contributed by atoms with Crippen molar-refractivity contribution in [3.05, 3.63) is 59.7 Å². The van der Waals surface area contributed by atoms with E-state index in [1.807, 2.05) is 0 Å². The van der Waals surface area contributed by atoms with E-state index in [0.717, 1.165) is 0 Å². The maximum atomic E-state index is 4.02. The fourth-order valence-electron chi connectivity index (χ4n) is 3.93. The van der Waals surface area contributed by atoms with Crippen LogP contribution in [0.25, 0.3) is 21.5 Å². The number of halogens is 2. The summed E-state index contributed by atoms with van der Waals surface area (Å²) in [5.41, 5.74) is 2.92. The molecule has 2 atom stereocenters. The van der Waals surface area contributed by atoms with Gasteiger partial charge in [-0.2, -0.15) is 0 Å². The van der Waals surface area contributed by atoms with Crippen LogP contribution in [0.1, 0.15) is 73.2 Å². The van der Waals surface area contributed by atoms with Crippen LogP contribution in [0.2, 0.25) is 0 Å². The summed E-state index contributed by atoms with van der Waals surface area (Å²) in [6.07, 6.45) is 7.32. The highest BCUT2D eigenvalue weighted by molar-refractivity contribution is 9.09. The molecular weight excluding hydrogens is 448 g/mol. The summed E-state index contributed by atoms with van der Waals surface area (Å²) in [6, 6.07) is 17.9. The molecule has 0 fully saturated rings. The first-order valence-corrected chi connectivity index (χ1v) is 11.7. The van der Waals surface area contributed by atoms with Gasteiger partial charge in [0, 0.05) is 9.65 Å². The lowest BCUT2D eigenvalue weighted by Gasteiger charge is -2.22. The third-order valence-corrected chi connectivity index (χ3v) is 7.09. The second-order valence-electron chi connectivity index (χ2n) is 7.14. The summed E-state index contributed by atoms with van der Waals surface area (Å²) in [7, 11) is 0. The predicted molar refractivity (Wildman–Crippen MR) is 124 cm³/mol. The van der Waals surface area contributed by atoms with E-state index < -0.39 is 0 Å². The van der Waals surface area contributed by atoms with E-state index in [9.17, 15) is 0 Å². The van der Waals surface area contributed by atoms with Crippen LogP contribution in [0.15, 0.2) is 48.5 Å². The highest BCUT2D eigenvalue weighted by Gasteiger charge is 2.21. The van der Waals surface area contributed by atoms with Crippen LogP contribution < -0.4 is 0 Å². The Bertz CT molecular complexity index is 740. The Morgan fingerprint density at radius 3 is 1.19 bits per heavy atom. The van der Waals surface area contributed by atoms with Gasteiger partial charge < -0.3 is 0 Å². The van der Waals surface area contributed by atoms with Gasteiger partial charge >= 0.3 is 0 Å². The Morgan fingerprint density at radius 1 is 0.615 bits per heavy atom. The summed E-state index contributed by atoms with van der Waals surface area (Å²) in [4.78, 5) is 0.798. The van der Waals surface area contributed by atoms with Crippen molar-refractivity contribution in [2.24, 2.45) is 0 Å². The van der Waals surface area contributed by atoms with Gasteiger partial charge in [0.25, 0.3) is 0 Å². The van der Waals surface area contributed by atoms with Crippen LogP contribution in [0.5, 0.6) is 0 Å². The molecule has 2 unspecified atom stereocenters. The lowest BCUT2D eigenvalue weighted by Crippen LogP contribution is -2.00. The molecule has 0 N–H and O–H groups in total. The van der Waals surface area contributed by atoms with Crippen LogP contribution in [0.3, 0.4) is 0 Å². The van der Waals surface area contributed by atoms with Crippen LogP contribution in [0.4, 0.5) is 0 Å². The van der Waals surface area contributed by atoms with Crippen molar-refractivity contribution in [3.8, 4) is 0 Å². The van der Waals surface area contributed by atoms with Gasteiger partial charge in [0.15, 0.2) is 0 Å². The van der Waals surface area contributed by atoms with Gasteiger partial charge in [0.2, 0.25) is 0 Å². The molecule has 138 valence electrons. The third-order valence-electron chi connectivity index (χ3n) is 5.26. The molecule has 3 aromatic carbocycles. The van der Waals surface area contributed by atoms with E-state index in [-0.39, 0.29) is 0 Å². The molecule has 0 heterocycles. The van der Waals surface area contributed by atoms with Crippen molar-refractivity contribution in [1.82, 2.24) is 0 Å². The number of unbranched alkanes of at least 4 members (excludes halogenated alkanes) is 2. The fourth-order valence-corrected chi connectivity index (χ4v) is 5.56. The van der Waals surface area contributed by atoms with Gasteiger partial charge in [-0.1, -0.05) is 120 Å². The minimum absolute atomic E-state index is 0.399. The molecule has 0 saturated heterocycles. The quantitative estimate of drug-likeness (QED) is 0.225. The predicted octanol–water partition coefficient (Wildman–Crippen LogP) is 9.25. The smallest absolute Gasteiger partial charge is 0.0407 e. The van der Waals surface area contributed by atoms with Gasteiger partial charge in [-0.05, 0) is 45.5 Å². The van der Waals surface area contributed by atoms with Gasteiger partial charge in [0.05, 0.1) is 0 Å². The Morgan fingerprint density at radius 2 is 0.923 bits per heavy atom. The number of alkyl halides is 2. The number of hydrogen-bond acceptors (Lipinski definition) is 0. The summed E-state index contributed by atoms with van der Waals surface area (Å²) in [5.74, 6) is 0. The van der Waals surface area contributed by atoms with Crippen LogP contribution in [-0.4, -0.2) is 0 Å². The fraction of sp³-hybridized carbons (Fsp3) is 0.417. The van der Waals surface area contributed by atoms with Gasteiger partial charge in [-0.25, -0.2) is 0 Å². The lowest BCUT2D eigenvalue weighted by atomic mass is 9.87. The summed E-state index contributed by atoms with van der Waals surface area (Å²) >= 11 is 8.04. The molecule has 0 radical (unpaired) electrons. The second-order valence-corrected chi connectivity index (χ2v) is 9.35. The van der Waals surface area contributed by atoms with Crippen molar-refractivity contribution in [2.45, 2.75) is 62.0 Å². The molecule has 3 rings (SSSR count). The SMILES string of the molecule is CCCCC(Br)c1c2ccccc2c(C(Br)CCCC)c2ccccc12. The lowest BCUT2D eigenvalue weighted by molar-refractivity contribution is 0.714. The first-order valence-electron chi connectivity index (χ1n) is 9.90. The zero-order chi connectivity index (χ0) is 18.5. The Balaban J connectivity index is 2.28. The maximum absolute atomic E-state index is 4.02. The highest BCUT2D eigenvalue weighted by Crippen LogP contribution is 2.45. The number of fused-ring (bicyclic) bond motifs is 2. The molecular formula is C24H28Br2. The molecule has 0 aliphatic rings. The summed E-state index contributed by atoms with van der Waals surface area (Å²) < 4.78 is 0. The molecule has 3 aromatic rings. The highest BCUT2D eigenvalue weighted by atomic mass is 79.9. The number of rotatable bonds is 8. The van der Waals surface area contributed by atoms with E-state index >= 15 is 0 Å². The molecule has 0 aliphatic heterocycles. The molecule has 2 heteroatoms.